The predicted molar refractivity (Wildman–Crippen MR) is 59.1 cm³/mol. The van der Waals surface area contributed by atoms with Crippen LogP contribution in [0, 0.1) is 5.92 Å². The lowest BCUT2D eigenvalue weighted by Crippen LogP contribution is -2.35. The molecule has 1 aliphatic heterocycles. The van der Waals surface area contributed by atoms with Gasteiger partial charge in [-0.15, -0.1) is 0 Å². The van der Waals surface area contributed by atoms with Crippen molar-refractivity contribution in [3.05, 3.63) is 0 Å². The third-order valence-electron chi connectivity index (χ3n) is 3.14. The van der Waals surface area contributed by atoms with E-state index in [2.05, 4.69) is 11.8 Å². The van der Waals surface area contributed by atoms with E-state index in [-0.39, 0.29) is 0 Å². The Bertz CT molecular complexity index is 152. The summed E-state index contributed by atoms with van der Waals surface area (Å²) < 4.78 is 0. The number of nitrogens with zero attached hydrogens (tertiary/aromatic N) is 1. The van der Waals surface area contributed by atoms with Gasteiger partial charge in [-0.25, -0.2) is 0 Å². The van der Waals surface area contributed by atoms with Crippen molar-refractivity contribution in [2.24, 2.45) is 11.7 Å². The standard InChI is InChI=1S/C11H24N2O/c1-10(8-12)9-13-6-2-4-11(13)5-3-7-14/h10-11,14H,2-9,12H2,1H3. The van der Waals surface area contributed by atoms with Crippen LogP contribution in [-0.4, -0.2) is 42.3 Å². The number of likely N-dealkylation sites (tertiary alicyclic amines) is 1. The molecule has 1 fully saturated rings. The number of rotatable bonds is 6. The lowest BCUT2D eigenvalue weighted by atomic mass is 10.1. The quantitative estimate of drug-likeness (QED) is 0.667. The van der Waals surface area contributed by atoms with E-state index in [1.807, 2.05) is 0 Å². The van der Waals surface area contributed by atoms with Crippen LogP contribution in [0.5, 0.6) is 0 Å². The Morgan fingerprint density at radius 1 is 1.57 bits per heavy atom. The van der Waals surface area contributed by atoms with Crippen LogP contribution in [-0.2, 0) is 0 Å². The van der Waals surface area contributed by atoms with E-state index in [1.165, 1.54) is 19.4 Å². The first-order chi connectivity index (χ1) is 6.77. The van der Waals surface area contributed by atoms with Gasteiger partial charge in [0.2, 0.25) is 0 Å². The van der Waals surface area contributed by atoms with Gasteiger partial charge >= 0.3 is 0 Å². The third-order valence-corrected chi connectivity index (χ3v) is 3.14. The molecule has 3 heteroatoms. The third kappa shape index (κ3) is 3.56. The summed E-state index contributed by atoms with van der Waals surface area (Å²) in [5, 5.41) is 8.80. The zero-order valence-electron chi connectivity index (χ0n) is 9.28. The normalized spacial score (nSPS) is 25.5. The van der Waals surface area contributed by atoms with Gasteiger partial charge in [-0.05, 0) is 44.7 Å². The van der Waals surface area contributed by atoms with E-state index >= 15 is 0 Å². The highest BCUT2D eigenvalue weighted by Gasteiger charge is 2.24. The van der Waals surface area contributed by atoms with Crippen LogP contribution in [0.2, 0.25) is 0 Å². The molecule has 3 N–H and O–H groups in total. The van der Waals surface area contributed by atoms with E-state index in [9.17, 15) is 0 Å². The molecule has 2 atom stereocenters. The Morgan fingerprint density at radius 3 is 3.00 bits per heavy atom. The Hall–Kier alpha value is -0.120. The summed E-state index contributed by atoms with van der Waals surface area (Å²) in [6.45, 7) is 5.68. The highest BCUT2D eigenvalue weighted by atomic mass is 16.2. The molecular weight excluding hydrogens is 176 g/mol. The molecule has 0 aromatic heterocycles. The van der Waals surface area contributed by atoms with E-state index in [0.717, 1.165) is 25.9 Å². The van der Waals surface area contributed by atoms with Crippen LogP contribution in [0.25, 0.3) is 0 Å². The molecule has 1 saturated heterocycles. The molecule has 3 nitrogen and oxygen atoms in total. The van der Waals surface area contributed by atoms with E-state index in [0.29, 0.717) is 18.6 Å². The van der Waals surface area contributed by atoms with Crippen molar-refractivity contribution in [1.29, 1.82) is 0 Å². The number of aliphatic hydroxyl groups excluding tert-OH is 1. The van der Waals surface area contributed by atoms with Gasteiger partial charge in [0.05, 0.1) is 0 Å². The SMILES string of the molecule is CC(CN)CN1CCCC1CCCO. The van der Waals surface area contributed by atoms with Gasteiger partial charge in [0.25, 0.3) is 0 Å². The van der Waals surface area contributed by atoms with Crippen molar-refractivity contribution in [3.63, 3.8) is 0 Å². The monoisotopic (exact) mass is 200 g/mol. The second kappa shape index (κ2) is 6.38. The number of aliphatic hydroxyl groups is 1. The average Bonchev–Trinajstić information content (AvgIpc) is 2.62. The van der Waals surface area contributed by atoms with Crippen LogP contribution < -0.4 is 5.73 Å². The molecule has 1 rings (SSSR count). The maximum atomic E-state index is 8.80. The molecule has 0 aromatic carbocycles. The topological polar surface area (TPSA) is 49.5 Å². The molecule has 0 bridgehead atoms. The fourth-order valence-corrected chi connectivity index (χ4v) is 2.26. The van der Waals surface area contributed by atoms with Crippen LogP contribution in [0.15, 0.2) is 0 Å². The molecule has 0 aromatic rings. The maximum Gasteiger partial charge on any atom is 0.0431 e. The fraction of sp³-hybridized carbons (Fsp3) is 1.00. The molecule has 0 radical (unpaired) electrons. The Morgan fingerprint density at radius 2 is 2.36 bits per heavy atom. The zero-order valence-corrected chi connectivity index (χ0v) is 9.28. The summed E-state index contributed by atoms with van der Waals surface area (Å²) in [5.41, 5.74) is 5.63. The molecule has 0 saturated carbocycles. The summed E-state index contributed by atoms with van der Waals surface area (Å²) in [4.78, 5) is 2.55. The molecule has 0 amide bonds. The van der Waals surface area contributed by atoms with Gasteiger partial charge in [-0.2, -0.15) is 0 Å². The minimum Gasteiger partial charge on any atom is -0.396 e. The van der Waals surface area contributed by atoms with Crippen molar-refractivity contribution in [2.75, 3.05) is 26.2 Å². The molecule has 14 heavy (non-hydrogen) atoms. The Labute approximate surface area is 87.3 Å². The number of hydrogen-bond donors (Lipinski definition) is 2. The molecule has 1 heterocycles. The number of nitrogens with two attached hydrogens (primary N) is 1. The Kier molecular flexibility index (Phi) is 5.45. The first-order valence-electron chi connectivity index (χ1n) is 5.83. The minimum absolute atomic E-state index is 0.330. The van der Waals surface area contributed by atoms with Gasteiger partial charge in [-0.3, -0.25) is 0 Å². The van der Waals surface area contributed by atoms with Gasteiger partial charge in [-0.1, -0.05) is 6.92 Å². The summed E-state index contributed by atoms with van der Waals surface area (Å²) >= 11 is 0. The summed E-state index contributed by atoms with van der Waals surface area (Å²) in [6.07, 6.45) is 4.71. The van der Waals surface area contributed by atoms with Crippen LogP contribution >= 0.6 is 0 Å². The van der Waals surface area contributed by atoms with Crippen LogP contribution in [0.4, 0.5) is 0 Å². The summed E-state index contributed by atoms with van der Waals surface area (Å²) in [7, 11) is 0. The summed E-state index contributed by atoms with van der Waals surface area (Å²) in [6, 6.07) is 0.705. The first kappa shape index (κ1) is 12.0. The van der Waals surface area contributed by atoms with Crippen LogP contribution in [0.1, 0.15) is 32.6 Å². The van der Waals surface area contributed by atoms with Crippen molar-refractivity contribution in [2.45, 2.75) is 38.6 Å². The molecule has 2 unspecified atom stereocenters. The first-order valence-corrected chi connectivity index (χ1v) is 5.83. The molecular formula is C11H24N2O. The second-order valence-electron chi connectivity index (χ2n) is 4.50. The maximum absolute atomic E-state index is 8.80. The predicted octanol–water partition coefficient (Wildman–Crippen LogP) is 0.818. The van der Waals surface area contributed by atoms with E-state index in [4.69, 9.17) is 10.8 Å². The molecule has 1 aliphatic rings. The fourth-order valence-electron chi connectivity index (χ4n) is 2.26. The average molecular weight is 200 g/mol. The lowest BCUT2D eigenvalue weighted by Gasteiger charge is -2.26. The molecule has 84 valence electrons. The number of hydrogen-bond acceptors (Lipinski definition) is 3. The van der Waals surface area contributed by atoms with Gasteiger partial charge in [0.15, 0.2) is 0 Å². The minimum atomic E-state index is 0.330. The summed E-state index contributed by atoms with van der Waals surface area (Å²) in [5.74, 6) is 0.602. The molecule has 0 spiro atoms. The largest absolute Gasteiger partial charge is 0.396 e. The smallest absolute Gasteiger partial charge is 0.0431 e. The highest BCUT2D eigenvalue weighted by molar-refractivity contribution is 4.80. The van der Waals surface area contributed by atoms with Gasteiger partial charge in [0, 0.05) is 19.2 Å². The van der Waals surface area contributed by atoms with Crippen molar-refractivity contribution < 1.29 is 5.11 Å². The zero-order chi connectivity index (χ0) is 10.4. The van der Waals surface area contributed by atoms with Gasteiger partial charge in [0.1, 0.15) is 0 Å². The second-order valence-corrected chi connectivity index (χ2v) is 4.50. The molecule has 0 aliphatic carbocycles. The van der Waals surface area contributed by atoms with E-state index in [1.54, 1.807) is 0 Å². The lowest BCUT2D eigenvalue weighted by molar-refractivity contribution is 0.196. The van der Waals surface area contributed by atoms with Crippen molar-refractivity contribution >= 4 is 0 Å². The van der Waals surface area contributed by atoms with Crippen molar-refractivity contribution in [3.8, 4) is 0 Å². The van der Waals surface area contributed by atoms with Gasteiger partial charge < -0.3 is 15.7 Å². The van der Waals surface area contributed by atoms with Crippen LogP contribution in [0.3, 0.4) is 0 Å². The van der Waals surface area contributed by atoms with E-state index < -0.39 is 0 Å². The highest BCUT2D eigenvalue weighted by Crippen LogP contribution is 2.21. The van der Waals surface area contributed by atoms with Crippen molar-refractivity contribution in [1.82, 2.24) is 4.90 Å². The Balaban J connectivity index is 2.27.